The number of nitrogens with zero attached hydrogens (tertiary/aromatic N) is 1. The molecule has 120 valence electrons. The fourth-order valence-corrected chi connectivity index (χ4v) is 2.38. The highest BCUT2D eigenvalue weighted by molar-refractivity contribution is 5.94. The van der Waals surface area contributed by atoms with Crippen LogP contribution in [-0.4, -0.2) is 51.0 Å². The van der Waals surface area contributed by atoms with Gasteiger partial charge in [0.15, 0.2) is 11.4 Å². The van der Waals surface area contributed by atoms with E-state index in [1.54, 1.807) is 0 Å². The van der Waals surface area contributed by atoms with Crippen LogP contribution in [0, 0.1) is 0 Å². The van der Waals surface area contributed by atoms with Crippen molar-refractivity contribution in [2.45, 2.75) is 12.5 Å². The second-order valence-electron chi connectivity index (χ2n) is 4.66. The van der Waals surface area contributed by atoms with Crippen molar-refractivity contribution in [1.29, 1.82) is 0 Å². The molecule has 22 heavy (non-hydrogen) atoms. The minimum Gasteiger partial charge on any atom is -0.491 e. The Labute approximate surface area is 126 Å². The number of carbonyl (C=O) groups is 2. The predicted octanol–water partition coefficient (Wildman–Crippen LogP) is 0.391. The van der Waals surface area contributed by atoms with Crippen molar-refractivity contribution in [1.82, 2.24) is 4.57 Å². The molecule has 1 saturated heterocycles. The molecule has 0 spiro atoms. The molecule has 8 heteroatoms. The normalized spacial score (nSPS) is 17.1. The fourth-order valence-electron chi connectivity index (χ4n) is 2.38. The fraction of sp³-hybridized carbons (Fsp3) is 0.500. The van der Waals surface area contributed by atoms with Crippen molar-refractivity contribution in [3.05, 3.63) is 27.7 Å². The van der Waals surface area contributed by atoms with E-state index in [0.717, 1.165) is 0 Å². The molecule has 0 amide bonds. The van der Waals surface area contributed by atoms with Crippen LogP contribution in [0.4, 0.5) is 0 Å². The number of pyridine rings is 1. The molecule has 1 fully saturated rings. The van der Waals surface area contributed by atoms with E-state index in [1.165, 1.54) is 32.1 Å². The van der Waals surface area contributed by atoms with E-state index in [1.807, 2.05) is 0 Å². The van der Waals surface area contributed by atoms with Crippen molar-refractivity contribution >= 4 is 11.9 Å². The largest absolute Gasteiger partial charge is 0.491 e. The summed E-state index contributed by atoms with van der Waals surface area (Å²) in [4.78, 5) is 36.2. The van der Waals surface area contributed by atoms with Crippen LogP contribution in [0.3, 0.4) is 0 Å². The van der Waals surface area contributed by atoms with E-state index in [9.17, 15) is 14.4 Å². The molecule has 1 aromatic heterocycles. The second kappa shape index (κ2) is 6.61. The number of esters is 2. The van der Waals surface area contributed by atoms with Gasteiger partial charge in [0.1, 0.15) is 5.56 Å². The Morgan fingerprint density at radius 2 is 1.91 bits per heavy atom. The molecular formula is C14H17NO7. The summed E-state index contributed by atoms with van der Waals surface area (Å²) < 4.78 is 21.2. The highest BCUT2D eigenvalue weighted by Gasteiger charge is 2.30. The molecule has 8 nitrogen and oxygen atoms in total. The first-order valence-electron chi connectivity index (χ1n) is 6.62. The Morgan fingerprint density at radius 1 is 1.23 bits per heavy atom. The maximum Gasteiger partial charge on any atom is 0.358 e. The number of aromatic nitrogens is 1. The van der Waals surface area contributed by atoms with E-state index in [0.29, 0.717) is 19.6 Å². The van der Waals surface area contributed by atoms with Gasteiger partial charge in [0, 0.05) is 12.8 Å². The van der Waals surface area contributed by atoms with Gasteiger partial charge in [-0.3, -0.25) is 4.79 Å². The smallest absolute Gasteiger partial charge is 0.358 e. The van der Waals surface area contributed by atoms with Gasteiger partial charge < -0.3 is 23.5 Å². The van der Waals surface area contributed by atoms with Crippen molar-refractivity contribution < 1.29 is 28.5 Å². The van der Waals surface area contributed by atoms with Gasteiger partial charge in [0.05, 0.1) is 34.0 Å². The van der Waals surface area contributed by atoms with Gasteiger partial charge in [-0.1, -0.05) is 0 Å². The molecule has 2 heterocycles. The summed E-state index contributed by atoms with van der Waals surface area (Å²) in [5.41, 5.74) is -0.970. The van der Waals surface area contributed by atoms with Gasteiger partial charge in [-0.05, 0) is 6.42 Å². The van der Waals surface area contributed by atoms with Crippen LogP contribution in [0.25, 0.3) is 0 Å². The third-order valence-corrected chi connectivity index (χ3v) is 3.48. The molecular weight excluding hydrogens is 294 g/mol. The lowest BCUT2D eigenvalue weighted by Crippen LogP contribution is -2.28. The zero-order valence-electron chi connectivity index (χ0n) is 12.6. The van der Waals surface area contributed by atoms with Crippen molar-refractivity contribution in [2.75, 3.05) is 34.5 Å². The maximum atomic E-state index is 12.3. The summed E-state index contributed by atoms with van der Waals surface area (Å²) in [5.74, 6) is -1.77. The molecule has 1 atom stereocenters. The Balaban J connectivity index is 2.73. The van der Waals surface area contributed by atoms with E-state index in [-0.39, 0.29) is 23.0 Å². The summed E-state index contributed by atoms with van der Waals surface area (Å²) in [7, 11) is 3.63. The van der Waals surface area contributed by atoms with Crippen LogP contribution in [0.1, 0.15) is 33.3 Å². The zero-order valence-corrected chi connectivity index (χ0v) is 12.6. The quantitative estimate of drug-likeness (QED) is 0.743. The molecule has 1 unspecified atom stereocenters. The van der Waals surface area contributed by atoms with Gasteiger partial charge in [-0.15, -0.1) is 0 Å². The van der Waals surface area contributed by atoms with Crippen LogP contribution < -0.4 is 10.2 Å². The number of hydrogen-bond acceptors (Lipinski definition) is 7. The SMILES string of the molecule is COC(=O)c1cn(C2CCOC2)c(C(=O)OC)c(OC)c1=O. The van der Waals surface area contributed by atoms with Gasteiger partial charge in [-0.25, -0.2) is 9.59 Å². The monoisotopic (exact) mass is 311 g/mol. The van der Waals surface area contributed by atoms with E-state index >= 15 is 0 Å². The minimum absolute atomic E-state index is 0.0434. The topological polar surface area (TPSA) is 93.1 Å². The van der Waals surface area contributed by atoms with Crippen LogP contribution in [0.2, 0.25) is 0 Å². The third kappa shape index (κ3) is 2.69. The molecule has 1 aliphatic heterocycles. The molecule has 1 aromatic rings. The minimum atomic E-state index is -0.799. The molecule has 0 saturated carbocycles. The Bertz CT molecular complexity index is 643. The first-order valence-corrected chi connectivity index (χ1v) is 6.62. The summed E-state index contributed by atoms with van der Waals surface area (Å²) in [6.07, 6.45) is 1.93. The molecule has 0 aliphatic carbocycles. The first-order chi connectivity index (χ1) is 10.5. The zero-order chi connectivity index (χ0) is 16.3. The molecule has 2 rings (SSSR count). The predicted molar refractivity (Wildman–Crippen MR) is 74.4 cm³/mol. The lowest BCUT2D eigenvalue weighted by atomic mass is 10.1. The third-order valence-electron chi connectivity index (χ3n) is 3.48. The average molecular weight is 311 g/mol. The van der Waals surface area contributed by atoms with E-state index in [4.69, 9.17) is 14.2 Å². The van der Waals surface area contributed by atoms with Crippen molar-refractivity contribution in [3.8, 4) is 5.75 Å². The standard InChI is InChI=1S/C14H17NO7/c1-19-12-10(14(18)21-3)15(8-4-5-22-7-8)6-9(11(12)16)13(17)20-2/h6,8H,4-5,7H2,1-3H3. The number of rotatable bonds is 4. The Morgan fingerprint density at radius 3 is 2.41 bits per heavy atom. The number of hydrogen-bond donors (Lipinski definition) is 0. The van der Waals surface area contributed by atoms with E-state index in [2.05, 4.69) is 4.74 Å². The highest BCUT2D eigenvalue weighted by atomic mass is 16.5. The first kappa shape index (κ1) is 16.0. The molecule has 0 aromatic carbocycles. The molecule has 0 bridgehead atoms. The number of methoxy groups -OCH3 is 3. The summed E-state index contributed by atoms with van der Waals surface area (Å²) in [6.45, 7) is 0.879. The van der Waals surface area contributed by atoms with Gasteiger partial charge in [0.25, 0.3) is 0 Å². The lowest BCUT2D eigenvalue weighted by molar-refractivity contribution is 0.0565. The maximum absolute atomic E-state index is 12.3. The lowest BCUT2D eigenvalue weighted by Gasteiger charge is -2.20. The summed E-state index contributed by atoms with van der Waals surface area (Å²) in [5, 5.41) is 0. The Kier molecular flexibility index (Phi) is 4.81. The molecule has 1 aliphatic rings. The van der Waals surface area contributed by atoms with E-state index < -0.39 is 17.4 Å². The second-order valence-corrected chi connectivity index (χ2v) is 4.66. The van der Waals surface area contributed by atoms with Crippen molar-refractivity contribution in [3.63, 3.8) is 0 Å². The van der Waals surface area contributed by atoms with Gasteiger partial charge >= 0.3 is 11.9 Å². The average Bonchev–Trinajstić information content (AvgIpc) is 3.07. The summed E-state index contributed by atoms with van der Waals surface area (Å²) in [6, 6.07) is -0.202. The van der Waals surface area contributed by atoms with Crippen LogP contribution in [0.15, 0.2) is 11.0 Å². The van der Waals surface area contributed by atoms with Gasteiger partial charge in [-0.2, -0.15) is 0 Å². The summed E-state index contributed by atoms with van der Waals surface area (Å²) >= 11 is 0. The van der Waals surface area contributed by atoms with Crippen LogP contribution in [0.5, 0.6) is 5.75 Å². The molecule has 0 N–H and O–H groups in total. The van der Waals surface area contributed by atoms with Crippen molar-refractivity contribution in [2.24, 2.45) is 0 Å². The van der Waals surface area contributed by atoms with Crippen LogP contribution in [-0.2, 0) is 14.2 Å². The number of carbonyl (C=O) groups excluding carboxylic acids is 2. The van der Waals surface area contributed by atoms with Crippen LogP contribution >= 0.6 is 0 Å². The highest BCUT2D eigenvalue weighted by Crippen LogP contribution is 2.26. The number of ether oxygens (including phenoxy) is 4. The Hall–Kier alpha value is -2.35. The van der Waals surface area contributed by atoms with Gasteiger partial charge in [0.2, 0.25) is 5.43 Å². The molecule has 0 radical (unpaired) electrons.